The van der Waals surface area contributed by atoms with Crippen LogP contribution in [0.15, 0.2) is 41.9 Å². The second kappa shape index (κ2) is 4.65. The van der Waals surface area contributed by atoms with Crippen LogP contribution in [0.3, 0.4) is 0 Å². The van der Waals surface area contributed by atoms with E-state index < -0.39 is 0 Å². The van der Waals surface area contributed by atoms with Crippen LogP contribution in [0.2, 0.25) is 0 Å². The zero-order valence-electron chi connectivity index (χ0n) is 12.0. The number of aliphatic imine (C=N–C) groups is 1. The lowest BCUT2D eigenvalue weighted by molar-refractivity contribution is 0.236. The van der Waals surface area contributed by atoms with Crippen LogP contribution >= 0.6 is 0 Å². The van der Waals surface area contributed by atoms with Crippen LogP contribution in [0.5, 0.6) is 0 Å². The van der Waals surface area contributed by atoms with E-state index in [1.165, 1.54) is 16.7 Å². The summed E-state index contributed by atoms with van der Waals surface area (Å²) >= 11 is 0. The van der Waals surface area contributed by atoms with Crippen LogP contribution in [0.1, 0.15) is 24.5 Å². The minimum Gasteiger partial charge on any atom is -0.479 e. The standard InChI is InChI=1S/C17H17N3O/c1-12-20-17(10-21-12)5-4-13-2-3-14(6-15(13)7-17)16-8-18-11-19-9-16/h2-3,6,8-9,11H,4-5,7,10H2,1H3/t17-/m0/s1. The lowest BCUT2D eigenvalue weighted by Gasteiger charge is -2.30. The van der Waals surface area contributed by atoms with Crippen LogP contribution in [0.4, 0.5) is 0 Å². The highest BCUT2D eigenvalue weighted by Gasteiger charge is 2.38. The van der Waals surface area contributed by atoms with Crippen molar-refractivity contribution in [2.75, 3.05) is 6.61 Å². The molecule has 4 heteroatoms. The molecule has 106 valence electrons. The summed E-state index contributed by atoms with van der Waals surface area (Å²) in [5, 5.41) is 0. The second-order valence-corrected chi connectivity index (χ2v) is 5.93. The van der Waals surface area contributed by atoms with Gasteiger partial charge < -0.3 is 4.74 Å². The van der Waals surface area contributed by atoms with Gasteiger partial charge in [0.1, 0.15) is 18.5 Å². The van der Waals surface area contributed by atoms with Gasteiger partial charge >= 0.3 is 0 Å². The molecule has 1 aromatic heterocycles. The summed E-state index contributed by atoms with van der Waals surface area (Å²) in [6.45, 7) is 2.67. The molecule has 1 atom stereocenters. The number of aromatic nitrogens is 2. The fraction of sp³-hybridized carbons (Fsp3) is 0.353. The zero-order chi connectivity index (χ0) is 14.3. The van der Waals surface area contributed by atoms with E-state index in [1.54, 1.807) is 6.33 Å². The minimum atomic E-state index is -0.0388. The molecule has 0 fully saturated rings. The molecule has 21 heavy (non-hydrogen) atoms. The summed E-state index contributed by atoms with van der Waals surface area (Å²) in [5.74, 6) is 0.825. The predicted molar refractivity (Wildman–Crippen MR) is 81.3 cm³/mol. The first-order valence-electron chi connectivity index (χ1n) is 7.31. The Morgan fingerprint density at radius 3 is 2.71 bits per heavy atom. The third-order valence-corrected chi connectivity index (χ3v) is 4.42. The van der Waals surface area contributed by atoms with E-state index in [-0.39, 0.29) is 5.54 Å². The van der Waals surface area contributed by atoms with Crippen molar-refractivity contribution in [1.29, 1.82) is 0 Å². The third kappa shape index (κ3) is 2.20. The average molecular weight is 279 g/mol. The Morgan fingerprint density at radius 2 is 1.95 bits per heavy atom. The Balaban J connectivity index is 1.71. The van der Waals surface area contributed by atoms with Gasteiger partial charge in [0, 0.05) is 31.3 Å². The molecule has 0 saturated heterocycles. The number of ether oxygens (including phenoxy) is 1. The van der Waals surface area contributed by atoms with Crippen molar-refractivity contribution in [3.8, 4) is 11.1 Å². The highest BCUT2D eigenvalue weighted by Crippen LogP contribution is 2.36. The van der Waals surface area contributed by atoms with E-state index in [2.05, 4.69) is 28.2 Å². The van der Waals surface area contributed by atoms with Crippen LogP contribution < -0.4 is 0 Å². The van der Waals surface area contributed by atoms with E-state index in [9.17, 15) is 0 Å². The molecule has 1 spiro atoms. The maximum absolute atomic E-state index is 5.61. The minimum absolute atomic E-state index is 0.0388. The summed E-state index contributed by atoms with van der Waals surface area (Å²) in [6.07, 6.45) is 8.38. The van der Waals surface area contributed by atoms with E-state index in [0.29, 0.717) is 0 Å². The number of hydrogen-bond acceptors (Lipinski definition) is 4. The maximum atomic E-state index is 5.61. The SMILES string of the molecule is CC1=N[C@]2(CCc3ccc(-c4cncnc4)cc3C2)CO1. The highest BCUT2D eigenvalue weighted by molar-refractivity contribution is 5.75. The second-order valence-electron chi connectivity index (χ2n) is 5.93. The molecule has 2 aliphatic rings. The Hall–Kier alpha value is -2.23. The number of nitrogens with zero attached hydrogens (tertiary/aromatic N) is 3. The van der Waals surface area contributed by atoms with Gasteiger partial charge in [0.15, 0.2) is 5.90 Å². The van der Waals surface area contributed by atoms with Gasteiger partial charge in [0.05, 0.1) is 0 Å². The predicted octanol–water partition coefficient (Wildman–Crippen LogP) is 2.82. The summed E-state index contributed by atoms with van der Waals surface area (Å²) in [7, 11) is 0. The van der Waals surface area contributed by atoms with Gasteiger partial charge in [-0.1, -0.05) is 18.2 Å². The highest BCUT2D eigenvalue weighted by atomic mass is 16.5. The summed E-state index contributed by atoms with van der Waals surface area (Å²) < 4.78 is 5.61. The van der Waals surface area contributed by atoms with Gasteiger partial charge in [0.25, 0.3) is 0 Å². The first kappa shape index (κ1) is 12.5. The normalized spacial score (nSPS) is 23.6. The fourth-order valence-corrected chi connectivity index (χ4v) is 3.33. The first-order valence-corrected chi connectivity index (χ1v) is 7.31. The van der Waals surface area contributed by atoms with E-state index >= 15 is 0 Å². The number of aryl methyl sites for hydroxylation is 1. The van der Waals surface area contributed by atoms with Gasteiger partial charge in [-0.2, -0.15) is 0 Å². The number of hydrogen-bond donors (Lipinski definition) is 0. The topological polar surface area (TPSA) is 47.4 Å². The van der Waals surface area contributed by atoms with Gasteiger partial charge in [-0.25, -0.2) is 15.0 Å². The molecule has 0 N–H and O–H groups in total. The Kier molecular flexibility index (Phi) is 2.77. The molecule has 1 aliphatic carbocycles. The quantitative estimate of drug-likeness (QED) is 0.806. The van der Waals surface area contributed by atoms with Gasteiger partial charge in [0.2, 0.25) is 0 Å². The van der Waals surface area contributed by atoms with E-state index in [4.69, 9.17) is 9.73 Å². The molecule has 2 heterocycles. The largest absolute Gasteiger partial charge is 0.479 e. The van der Waals surface area contributed by atoms with Crippen molar-refractivity contribution in [3.63, 3.8) is 0 Å². The van der Waals surface area contributed by atoms with Crippen molar-refractivity contribution in [2.24, 2.45) is 4.99 Å². The lowest BCUT2D eigenvalue weighted by Crippen LogP contribution is -2.35. The molecule has 1 aromatic carbocycles. The molecular formula is C17H17N3O. The third-order valence-electron chi connectivity index (χ3n) is 4.42. The van der Waals surface area contributed by atoms with Crippen LogP contribution in [0, 0.1) is 0 Å². The Morgan fingerprint density at radius 1 is 1.10 bits per heavy atom. The molecule has 4 rings (SSSR count). The number of rotatable bonds is 1. The van der Waals surface area contributed by atoms with Crippen LogP contribution in [0.25, 0.3) is 11.1 Å². The van der Waals surface area contributed by atoms with Crippen molar-refractivity contribution < 1.29 is 4.74 Å². The average Bonchev–Trinajstić information content (AvgIpc) is 2.88. The first-order chi connectivity index (χ1) is 10.2. The molecule has 1 aliphatic heterocycles. The van der Waals surface area contributed by atoms with Gasteiger partial charge in [-0.05, 0) is 29.5 Å². The monoisotopic (exact) mass is 279 g/mol. The van der Waals surface area contributed by atoms with Crippen molar-refractivity contribution in [1.82, 2.24) is 9.97 Å². The summed E-state index contributed by atoms with van der Waals surface area (Å²) in [4.78, 5) is 13.0. The Labute approximate surface area is 123 Å². The smallest absolute Gasteiger partial charge is 0.180 e. The number of benzene rings is 1. The molecule has 0 saturated carbocycles. The summed E-state index contributed by atoms with van der Waals surface area (Å²) in [6, 6.07) is 6.66. The molecule has 0 bridgehead atoms. The molecule has 0 radical (unpaired) electrons. The lowest BCUT2D eigenvalue weighted by atomic mass is 9.78. The fourth-order valence-electron chi connectivity index (χ4n) is 3.33. The Bertz CT molecular complexity index is 711. The van der Waals surface area contributed by atoms with Crippen molar-refractivity contribution in [3.05, 3.63) is 48.0 Å². The zero-order valence-corrected chi connectivity index (χ0v) is 12.0. The van der Waals surface area contributed by atoms with Crippen molar-refractivity contribution in [2.45, 2.75) is 31.7 Å². The van der Waals surface area contributed by atoms with Crippen LogP contribution in [-0.2, 0) is 17.6 Å². The molecule has 0 amide bonds. The van der Waals surface area contributed by atoms with Gasteiger partial charge in [-0.15, -0.1) is 0 Å². The van der Waals surface area contributed by atoms with E-state index in [1.807, 2.05) is 19.3 Å². The molecule has 4 nitrogen and oxygen atoms in total. The molecule has 2 aromatic rings. The molecule has 0 unspecified atom stereocenters. The molecular weight excluding hydrogens is 262 g/mol. The van der Waals surface area contributed by atoms with E-state index in [0.717, 1.165) is 37.3 Å². The maximum Gasteiger partial charge on any atom is 0.180 e. The van der Waals surface area contributed by atoms with Crippen LogP contribution in [-0.4, -0.2) is 28.0 Å². The number of fused-ring (bicyclic) bond motifs is 1. The van der Waals surface area contributed by atoms with Gasteiger partial charge in [-0.3, -0.25) is 0 Å². The van der Waals surface area contributed by atoms with Crippen molar-refractivity contribution >= 4 is 5.90 Å². The summed E-state index contributed by atoms with van der Waals surface area (Å²) in [5.41, 5.74) is 5.00.